The molecule has 0 amide bonds. The minimum atomic E-state index is -1.01. The van der Waals surface area contributed by atoms with Gasteiger partial charge in [-0.3, -0.25) is 4.79 Å². The number of benzene rings is 1. The van der Waals surface area contributed by atoms with E-state index in [1.54, 1.807) is 6.07 Å². The molecule has 0 aliphatic heterocycles. The van der Waals surface area contributed by atoms with Crippen molar-refractivity contribution < 1.29 is 18.7 Å². The monoisotopic (exact) mass is 224 g/mol. The third-order valence-corrected chi connectivity index (χ3v) is 2.06. The van der Waals surface area contributed by atoms with Crippen molar-refractivity contribution >= 4 is 23.1 Å². The fourth-order valence-electron chi connectivity index (χ4n) is 1.34. The summed E-state index contributed by atoms with van der Waals surface area (Å²) in [6.07, 6.45) is 0. The van der Waals surface area contributed by atoms with Gasteiger partial charge in [0.05, 0.1) is 0 Å². The normalized spacial score (nSPS) is 10.6. The highest BCUT2D eigenvalue weighted by Gasteiger charge is 2.14. The lowest BCUT2D eigenvalue weighted by Gasteiger charge is -2.09. The van der Waals surface area contributed by atoms with E-state index in [4.69, 9.17) is 9.52 Å². The smallest absolute Gasteiger partial charge is 0.323 e. The Kier molecular flexibility index (Phi) is 2.47. The Morgan fingerprint density at radius 2 is 2.38 bits per heavy atom. The molecule has 0 fully saturated rings. The molecule has 84 valence electrons. The summed E-state index contributed by atoms with van der Waals surface area (Å²) in [4.78, 5) is 15.7. The number of carboxylic acid groups (broad SMARTS) is 1. The van der Waals surface area contributed by atoms with Crippen LogP contribution in [0.25, 0.3) is 11.1 Å². The van der Waals surface area contributed by atoms with Gasteiger partial charge in [-0.1, -0.05) is 6.07 Å². The van der Waals surface area contributed by atoms with Crippen LogP contribution >= 0.6 is 0 Å². The number of anilines is 1. The molecule has 0 unspecified atom stereocenters. The highest BCUT2D eigenvalue weighted by Crippen LogP contribution is 2.22. The van der Waals surface area contributed by atoms with Gasteiger partial charge in [-0.2, -0.15) is 4.98 Å². The molecule has 0 aliphatic carbocycles. The van der Waals surface area contributed by atoms with Gasteiger partial charge in [0.1, 0.15) is 12.1 Å². The van der Waals surface area contributed by atoms with Gasteiger partial charge in [0.25, 0.3) is 6.01 Å². The van der Waals surface area contributed by atoms with Crippen molar-refractivity contribution in [2.45, 2.75) is 0 Å². The van der Waals surface area contributed by atoms with E-state index >= 15 is 0 Å². The lowest BCUT2D eigenvalue weighted by Crippen LogP contribution is -2.25. The second kappa shape index (κ2) is 3.80. The average Bonchev–Trinajstić information content (AvgIpc) is 2.61. The zero-order chi connectivity index (χ0) is 11.7. The minimum absolute atomic E-state index is 0.0856. The number of para-hydroxylation sites is 1. The number of aliphatic carboxylic acids is 1. The second-order valence-corrected chi connectivity index (χ2v) is 3.33. The maximum absolute atomic E-state index is 13.3. The molecule has 6 heteroatoms. The molecule has 1 aromatic carbocycles. The third kappa shape index (κ3) is 1.81. The molecule has 5 nitrogen and oxygen atoms in total. The lowest BCUT2D eigenvalue weighted by atomic mass is 10.3. The van der Waals surface area contributed by atoms with Crippen LogP contribution in [0.3, 0.4) is 0 Å². The predicted octanol–water partition coefficient (Wildman–Crippen LogP) is 1.49. The molecule has 0 bridgehead atoms. The molecule has 2 aromatic rings. The fraction of sp³-hybridized carbons (Fsp3) is 0.200. The Labute approximate surface area is 90.1 Å². The van der Waals surface area contributed by atoms with Gasteiger partial charge in [0, 0.05) is 7.05 Å². The maximum atomic E-state index is 13.3. The molecule has 1 N–H and O–H groups in total. The molecule has 2 rings (SSSR count). The van der Waals surface area contributed by atoms with Crippen molar-refractivity contribution in [3.63, 3.8) is 0 Å². The van der Waals surface area contributed by atoms with Gasteiger partial charge >= 0.3 is 5.97 Å². The SMILES string of the molecule is CN(CC(=O)O)c1nc2c(F)cccc2o1. The largest absolute Gasteiger partial charge is 0.480 e. The number of fused-ring (bicyclic) bond motifs is 1. The number of carbonyl (C=O) groups is 1. The number of oxazole rings is 1. The molecule has 0 spiro atoms. The van der Waals surface area contributed by atoms with Crippen molar-refractivity contribution in [1.29, 1.82) is 0 Å². The zero-order valence-electron chi connectivity index (χ0n) is 8.48. The molecular weight excluding hydrogens is 215 g/mol. The van der Waals surface area contributed by atoms with E-state index in [2.05, 4.69) is 4.98 Å². The number of carboxylic acids is 1. The van der Waals surface area contributed by atoms with Crippen molar-refractivity contribution in [1.82, 2.24) is 4.98 Å². The van der Waals surface area contributed by atoms with E-state index in [0.717, 1.165) is 0 Å². The van der Waals surface area contributed by atoms with Crippen LogP contribution in [0.5, 0.6) is 0 Å². The van der Waals surface area contributed by atoms with E-state index in [0.29, 0.717) is 5.58 Å². The Morgan fingerprint density at radius 3 is 3.00 bits per heavy atom. The predicted molar refractivity (Wildman–Crippen MR) is 54.9 cm³/mol. The average molecular weight is 224 g/mol. The van der Waals surface area contributed by atoms with Gasteiger partial charge in [-0.25, -0.2) is 4.39 Å². The lowest BCUT2D eigenvalue weighted by molar-refractivity contribution is -0.135. The molecule has 1 heterocycles. The van der Waals surface area contributed by atoms with Crippen LogP contribution in [0.2, 0.25) is 0 Å². The van der Waals surface area contributed by atoms with Crippen LogP contribution in [0.15, 0.2) is 22.6 Å². The summed E-state index contributed by atoms with van der Waals surface area (Å²) in [7, 11) is 1.51. The second-order valence-electron chi connectivity index (χ2n) is 3.33. The van der Waals surface area contributed by atoms with Crippen molar-refractivity contribution in [2.24, 2.45) is 0 Å². The van der Waals surface area contributed by atoms with Crippen molar-refractivity contribution in [3.05, 3.63) is 24.0 Å². The van der Waals surface area contributed by atoms with E-state index in [1.807, 2.05) is 0 Å². The first-order valence-corrected chi connectivity index (χ1v) is 4.56. The van der Waals surface area contributed by atoms with E-state index in [-0.39, 0.29) is 18.1 Å². The van der Waals surface area contributed by atoms with E-state index in [1.165, 1.54) is 24.1 Å². The van der Waals surface area contributed by atoms with Crippen LogP contribution < -0.4 is 4.90 Å². The van der Waals surface area contributed by atoms with Gasteiger partial charge in [-0.05, 0) is 12.1 Å². The number of likely N-dealkylation sites (N-methyl/N-ethyl adjacent to an activating group) is 1. The number of aromatic nitrogens is 1. The summed E-state index contributed by atoms with van der Waals surface area (Å²) in [5.41, 5.74) is 0.405. The molecule has 0 radical (unpaired) electrons. The highest BCUT2D eigenvalue weighted by molar-refractivity contribution is 5.77. The Bertz CT molecular complexity index is 538. The summed E-state index contributed by atoms with van der Waals surface area (Å²) in [5, 5.41) is 8.59. The molecular formula is C10H9FN2O3. The molecule has 0 atom stereocenters. The quantitative estimate of drug-likeness (QED) is 0.855. The van der Waals surface area contributed by atoms with Crippen LogP contribution in [0.1, 0.15) is 0 Å². The van der Waals surface area contributed by atoms with Crippen LogP contribution in [0.4, 0.5) is 10.4 Å². The Morgan fingerprint density at radius 1 is 1.62 bits per heavy atom. The Hall–Kier alpha value is -2.11. The first-order valence-electron chi connectivity index (χ1n) is 4.56. The van der Waals surface area contributed by atoms with Crippen molar-refractivity contribution in [3.8, 4) is 0 Å². The van der Waals surface area contributed by atoms with Gasteiger partial charge in [-0.15, -0.1) is 0 Å². The first-order chi connectivity index (χ1) is 7.58. The highest BCUT2D eigenvalue weighted by atomic mass is 19.1. The first kappa shape index (κ1) is 10.4. The van der Waals surface area contributed by atoms with E-state index in [9.17, 15) is 9.18 Å². The summed E-state index contributed by atoms with van der Waals surface area (Å²) < 4.78 is 18.5. The third-order valence-electron chi connectivity index (χ3n) is 2.06. The number of hydrogen-bond acceptors (Lipinski definition) is 4. The van der Waals surface area contributed by atoms with E-state index < -0.39 is 11.8 Å². The van der Waals surface area contributed by atoms with Gasteiger partial charge < -0.3 is 14.4 Å². The molecule has 0 aliphatic rings. The van der Waals surface area contributed by atoms with Crippen LogP contribution in [0, 0.1) is 5.82 Å². The molecule has 0 saturated heterocycles. The minimum Gasteiger partial charge on any atom is -0.480 e. The number of hydrogen-bond donors (Lipinski definition) is 1. The standard InChI is InChI=1S/C10H9FN2O3/c1-13(5-8(14)15)10-12-9-6(11)3-2-4-7(9)16-10/h2-4H,5H2,1H3,(H,14,15). The maximum Gasteiger partial charge on any atom is 0.323 e. The fourth-order valence-corrected chi connectivity index (χ4v) is 1.34. The van der Waals surface area contributed by atoms with Gasteiger partial charge in [0.15, 0.2) is 11.4 Å². The topological polar surface area (TPSA) is 66.6 Å². The van der Waals surface area contributed by atoms with Crippen molar-refractivity contribution in [2.75, 3.05) is 18.5 Å². The van der Waals surface area contributed by atoms with Crippen LogP contribution in [-0.2, 0) is 4.79 Å². The number of halogens is 1. The zero-order valence-corrected chi connectivity index (χ0v) is 8.48. The van der Waals surface area contributed by atoms with Crippen LogP contribution in [-0.4, -0.2) is 29.7 Å². The Balaban J connectivity index is 2.39. The molecule has 16 heavy (non-hydrogen) atoms. The summed E-state index contributed by atoms with van der Waals surface area (Å²) in [5.74, 6) is -1.50. The summed E-state index contributed by atoms with van der Waals surface area (Å²) in [6.45, 7) is -0.256. The molecule has 0 saturated carbocycles. The number of nitrogens with zero attached hydrogens (tertiary/aromatic N) is 2. The summed E-state index contributed by atoms with van der Waals surface area (Å²) in [6, 6.07) is 4.43. The summed E-state index contributed by atoms with van der Waals surface area (Å²) >= 11 is 0. The molecule has 1 aromatic heterocycles. The van der Waals surface area contributed by atoms with Gasteiger partial charge in [0.2, 0.25) is 0 Å². The number of rotatable bonds is 3.